The number of hydrazone groups is 1. The molecule has 5 nitrogen and oxygen atoms in total. The molecule has 6 rings (SSSR count). The molecular formula is C37H30F3N3O2. The molecule has 6 aromatic rings. The van der Waals surface area contributed by atoms with Crippen molar-refractivity contribution < 1.29 is 22.4 Å². The number of rotatable bonds is 8. The summed E-state index contributed by atoms with van der Waals surface area (Å²) in [6.07, 6.45) is -4.05. The molecule has 0 saturated heterocycles. The third-order valence-electron chi connectivity index (χ3n) is 7.47. The molecule has 226 valence electrons. The number of halogens is 3. The Morgan fingerprint density at radius 2 is 1.58 bits per heavy atom. The molecule has 0 unspecified atom stereocenters. The summed E-state index contributed by atoms with van der Waals surface area (Å²) in [6.45, 7) is 5.42. The normalized spacial score (nSPS) is 12.0. The first-order valence-corrected chi connectivity index (χ1v) is 14.4. The second-order valence-electron chi connectivity index (χ2n) is 11.0. The van der Waals surface area contributed by atoms with E-state index in [-0.39, 0.29) is 5.69 Å². The smallest absolute Gasteiger partial charge is 0.416 e. The van der Waals surface area contributed by atoms with Crippen LogP contribution in [0, 0.1) is 13.8 Å². The third-order valence-corrected chi connectivity index (χ3v) is 7.47. The van der Waals surface area contributed by atoms with Gasteiger partial charge in [-0.05, 0) is 79.1 Å². The van der Waals surface area contributed by atoms with Gasteiger partial charge >= 0.3 is 6.18 Å². The van der Waals surface area contributed by atoms with E-state index in [1.807, 2.05) is 97.9 Å². The lowest BCUT2D eigenvalue weighted by atomic mass is 9.95. The molecule has 8 heteroatoms. The van der Waals surface area contributed by atoms with Crippen LogP contribution in [0.2, 0.25) is 0 Å². The number of benzene rings is 5. The lowest BCUT2D eigenvalue weighted by molar-refractivity contribution is -0.137. The minimum Gasteiger partial charge on any atom is -0.457 e. The van der Waals surface area contributed by atoms with E-state index in [9.17, 15) is 13.2 Å². The lowest BCUT2D eigenvalue weighted by Crippen LogP contribution is -2.07. The van der Waals surface area contributed by atoms with E-state index >= 15 is 0 Å². The van der Waals surface area contributed by atoms with Crippen molar-refractivity contribution in [3.05, 3.63) is 143 Å². The van der Waals surface area contributed by atoms with Crippen LogP contribution in [-0.2, 0) is 12.6 Å². The van der Waals surface area contributed by atoms with Gasteiger partial charge in [-0.2, -0.15) is 18.3 Å². The zero-order valence-corrected chi connectivity index (χ0v) is 24.9. The summed E-state index contributed by atoms with van der Waals surface area (Å²) in [5.41, 5.74) is 7.27. The van der Waals surface area contributed by atoms with Crippen LogP contribution in [0.3, 0.4) is 0 Å². The maximum Gasteiger partial charge on any atom is 0.416 e. The molecule has 1 N–H and O–H groups in total. The monoisotopic (exact) mass is 605 g/mol. The van der Waals surface area contributed by atoms with Crippen molar-refractivity contribution in [2.24, 2.45) is 5.10 Å². The van der Waals surface area contributed by atoms with Crippen LogP contribution < -0.4 is 10.2 Å². The second-order valence-corrected chi connectivity index (χ2v) is 11.0. The zero-order chi connectivity index (χ0) is 31.6. The highest BCUT2D eigenvalue weighted by Gasteiger charge is 2.31. The summed E-state index contributed by atoms with van der Waals surface area (Å²) < 4.78 is 53.0. The molecule has 0 bridgehead atoms. The molecule has 45 heavy (non-hydrogen) atoms. The molecule has 5 aromatic carbocycles. The van der Waals surface area contributed by atoms with Crippen molar-refractivity contribution in [2.75, 3.05) is 5.43 Å². The van der Waals surface area contributed by atoms with Crippen molar-refractivity contribution in [3.8, 4) is 22.8 Å². The molecule has 0 aliphatic heterocycles. The van der Waals surface area contributed by atoms with Gasteiger partial charge in [0.2, 0.25) is 0 Å². The van der Waals surface area contributed by atoms with Gasteiger partial charge in [-0.1, -0.05) is 83.5 Å². The van der Waals surface area contributed by atoms with E-state index in [4.69, 9.17) is 9.26 Å². The Labute approximate surface area is 259 Å². The Bertz CT molecular complexity index is 2000. The molecule has 0 aliphatic carbocycles. The minimum absolute atomic E-state index is 0.220. The quantitative estimate of drug-likeness (QED) is 0.139. The van der Waals surface area contributed by atoms with Gasteiger partial charge < -0.3 is 9.26 Å². The van der Waals surface area contributed by atoms with Gasteiger partial charge in [-0.3, -0.25) is 5.43 Å². The number of nitrogens with one attached hydrogen (secondary N) is 1. The summed E-state index contributed by atoms with van der Waals surface area (Å²) in [6, 6.07) is 33.1. The molecule has 1 heterocycles. The highest BCUT2D eigenvalue weighted by molar-refractivity contribution is 6.09. The Morgan fingerprint density at radius 1 is 0.844 bits per heavy atom. The molecule has 0 spiro atoms. The average molecular weight is 606 g/mol. The number of alkyl halides is 3. The molecule has 1 aromatic heterocycles. The number of hydrogen-bond donors (Lipinski definition) is 1. The van der Waals surface area contributed by atoms with E-state index in [0.29, 0.717) is 46.2 Å². The van der Waals surface area contributed by atoms with E-state index in [1.165, 1.54) is 0 Å². The molecule has 0 radical (unpaired) electrons. The summed E-state index contributed by atoms with van der Waals surface area (Å²) in [5, 5.41) is 11.0. The molecule has 0 fully saturated rings. The zero-order valence-electron chi connectivity index (χ0n) is 24.9. The molecule has 0 atom stereocenters. The summed E-state index contributed by atoms with van der Waals surface area (Å²) in [7, 11) is 0. The fraction of sp³-hybridized carbons (Fsp3) is 0.135. The number of aryl methyl sites for hydroxylation is 2. The third kappa shape index (κ3) is 6.60. The highest BCUT2D eigenvalue weighted by atomic mass is 19.4. The number of hydrogen-bond acceptors (Lipinski definition) is 5. The number of para-hydroxylation sites is 1. The largest absolute Gasteiger partial charge is 0.457 e. The van der Waals surface area contributed by atoms with Gasteiger partial charge in [0.1, 0.15) is 17.2 Å². The predicted octanol–water partition coefficient (Wildman–Crippen LogP) is 10.3. The van der Waals surface area contributed by atoms with Crippen LogP contribution in [0.1, 0.15) is 40.5 Å². The van der Waals surface area contributed by atoms with Gasteiger partial charge in [0, 0.05) is 6.42 Å². The SMILES string of the molecule is C/C(=N\Nc1cc(C)cc(C(F)(F)F)c1)c1c(-c2c(Oc3ccccc3)ccc3ccccc23)noc1Cc1ccc(C)cc1. The number of anilines is 1. The first-order chi connectivity index (χ1) is 21.7. The van der Waals surface area contributed by atoms with Crippen LogP contribution in [0.5, 0.6) is 11.5 Å². The first-order valence-electron chi connectivity index (χ1n) is 14.4. The summed E-state index contributed by atoms with van der Waals surface area (Å²) >= 11 is 0. The fourth-order valence-corrected chi connectivity index (χ4v) is 5.29. The van der Waals surface area contributed by atoms with Crippen molar-refractivity contribution in [2.45, 2.75) is 33.4 Å². The standard InChI is InChI=1S/C37H30F3N3O2/c1-23-13-15-26(16-14-23)21-33-34(25(3)41-42-29-20-24(2)19-28(22-29)37(38,39)40)36(43-45-33)35-31-12-8-7-9-27(31)17-18-32(35)44-30-10-5-4-6-11-30/h4-20,22,42H,21H2,1-3H3/b41-25+. The van der Waals surface area contributed by atoms with Crippen LogP contribution >= 0.6 is 0 Å². The highest BCUT2D eigenvalue weighted by Crippen LogP contribution is 2.41. The Morgan fingerprint density at radius 3 is 2.33 bits per heavy atom. The van der Waals surface area contributed by atoms with Crippen LogP contribution in [-0.4, -0.2) is 10.9 Å². The van der Waals surface area contributed by atoms with Gasteiger partial charge in [0.15, 0.2) is 5.76 Å². The fourth-order valence-electron chi connectivity index (χ4n) is 5.29. The van der Waals surface area contributed by atoms with Crippen molar-refractivity contribution in [1.82, 2.24) is 5.16 Å². The van der Waals surface area contributed by atoms with Crippen molar-refractivity contribution in [1.29, 1.82) is 0 Å². The van der Waals surface area contributed by atoms with E-state index in [2.05, 4.69) is 15.7 Å². The first kappa shape index (κ1) is 29.7. The number of aromatic nitrogens is 1. The average Bonchev–Trinajstić information content (AvgIpc) is 3.43. The molecule has 0 saturated carbocycles. The van der Waals surface area contributed by atoms with Crippen molar-refractivity contribution in [3.63, 3.8) is 0 Å². The number of fused-ring (bicyclic) bond motifs is 1. The van der Waals surface area contributed by atoms with E-state index in [1.54, 1.807) is 19.9 Å². The minimum atomic E-state index is -4.48. The summed E-state index contributed by atoms with van der Waals surface area (Å²) in [5.74, 6) is 1.80. The Hall–Kier alpha value is -5.37. The van der Waals surface area contributed by atoms with Gasteiger partial charge in [-0.15, -0.1) is 0 Å². The molecular weight excluding hydrogens is 575 g/mol. The predicted molar refractivity (Wildman–Crippen MR) is 172 cm³/mol. The van der Waals surface area contributed by atoms with Gasteiger partial charge in [-0.25, -0.2) is 0 Å². The lowest BCUT2D eigenvalue weighted by Gasteiger charge is -2.14. The number of nitrogens with zero attached hydrogens (tertiary/aromatic N) is 2. The Kier molecular flexibility index (Phi) is 8.13. The van der Waals surface area contributed by atoms with Crippen LogP contribution in [0.15, 0.2) is 119 Å². The number of ether oxygens (including phenoxy) is 1. The second kappa shape index (κ2) is 12.3. The van der Waals surface area contributed by atoms with E-state index in [0.717, 1.165) is 39.6 Å². The van der Waals surface area contributed by atoms with Crippen molar-refractivity contribution >= 4 is 22.2 Å². The Balaban J connectivity index is 1.50. The van der Waals surface area contributed by atoms with Gasteiger partial charge in [0.05, 0.1) is 28.1 Å². The topological polar surface area (TPSA) is 59.7 Å². The maximum absolute atomic E-state index is 13.5. The van der Waals surface area contributed by atoms with E-state index < -0.39 is 11.7 Å². The van der Waals surface area contributed by atoms with Crippen LogP contribution in [0.25, 0.3) is 22.0 Å². The summed E-state index contributed by atoms with van der Waals surface area (Å²) in [4.78, 5) is 0. The van der Waals surface area contributed by atoms with Gasteiger partial charge in [0.25, 0.3) is 0 Å². The molecule has 0 amide bonds. The van der Waals surface area contributed by atoms with Crippen LogP contribution in [0.4, 0.5) is 18.9 Å². The molecule has 0 aliphatic rings. The maximum atomic E-state index is 13.5.